The van der Waals surface area contributed by atoms with Crippen molar-refractivity contribution in [2.75, 3.05) is 6.54 Å². The van der Waals surface area contributed by atoms with Crippen molar-refractivity contribution in [2.24, 2.45) is 7.05 Å². The Morgan fingerprint density at radius 3 is 2.79 bits per heavy atom. The maximum Gasteiger partial charge on any atom is 0.0760 e. The molecule has 1 atom stereocenters. The maximum atomic E-state index is 4.41. The summed E-state index contributed by atoms with van der Waals surface area (Å²) in [4.78, 5) is 8.57. The highest BCUT2D eigenvalue weighted by Gasteiger charge is 2.15. The second kappa shape index (κ2) is 6.43. The number of nitrogens with zero attached hydrogens (tertiary/aromatic N) is 4. The lowest BCUT2D eigenvalue weighted by atomic mass is 10.1. The number of aryl methyl sites for hydroxylation is 2. The lowest BCUT2D eigenvalue weighted by molar-refractivity contribution is 0.500. The topological polar surface area (TPSA) is 55.6 Å². The van der Waals surface area contributed by atoms with Gasteiger partial charge in [0, 0.05) is 37.8 Å². The number of rotatable bonds is 6. The van der Waals surface area contributed by atoms with Crippen LogP contribution in [-0.2, 0) is 13.5 Å². The van der Waals surface area contributed by atoms with Gasteiger partial charge in [0.05, 0.1) is 17.4 Å². The Morgan fingerprint density at radius 1 is 1.37 bits per heavy atom. The van der Waals surface area contributed by atoms with Gasteiger partial charge < -0.3 is 5.32 Å². The van der Waals surface area contributed by atoms with Crippen molar-refractivity contribution in [3.63, 3.8) is 0 Å². The van der Waals surface area contributed by atoms with Crippen LogP contribution in [0.2, 0.25) is 0 Å². The fourth-order valence-corrected chi connectivity index (χ4v) is 2.15. The van der Waals surface area contributed by atoms with Crippen molar-refractivity contribution in [1.82, 2.24) is 25.1 Å². The van der Waals surface area contributed by atoms with Crippen LogP contribution in [0.4, 0.5) is 0 Å². The molecule has 0 amide bonds. The van der Waals surface area contributed by atoms with Crippen LogP contribution >= 0.6 is 0 Å². The molecule has 5 heteroatoms. The van der Waals surface area contributed by atoms with Gasteiger partial charge in [0.2, 0.25) is 0 Å². The minimum absolute atomic E-state index is 0.184. The first kappa shape index (κ1) is 13.7. The van der Waals surface area contributed by atoms with Crippen LogP contribution in [0.15, 0.2) is 24.7 Å². The molecular formula is C14H21N5. The highest BCUT2D eigenvalue weighted by molar-refractivity contribution is 5.13. The van der Waals surface area contributed by atoms with Gasteiger partial charge in [-0.2, -0.15) is 5.10 Å². The van der Waals surface area contributed by atoms with E-state index in [1.165, 1.54) is 5.69 Å². The van der Waals surface area contributed by atoms with Crippen molar-refractivity contribution < 1.29 is 0 Å². The largest absolute Gasteiger partial charge is 0.308 e. The summed E-state index contributed by atoms with van der Waals surface area (Å²) in [7, 11) is 1.98. The predicted octanol–water partition coefficient (Wildman–Crippen LogP) is 1.80. The minimum Gasteiger partial charge on any atom is -0.308 e. The smallest absolute Gasteiger partial charge is 0.0760 e. The summed E-state index contributed by atoms with van der Waals surface area (Å²) in [5.41, 5.74) is 3.23. The third-order valence-corrected chi connectivity index (χ3v) is 3.09. The van der Waals surface area contributed by atoms with Crippen LogP contribution in [-0.4, -0.2) is 26.3 Å². The first-order valence-electron chi connectivity index (χ1n) is 6.69. The molecule has 0 spiro atoms. The van der Waals surface area contributed by atoms with Gasteiger partial charge >= 0.3 is 0 Å². The molecule has 0 radical (unpaired) electrons. The Bertz CT molecular complexity index is 506. The van der Waals surface area contributed by atoms with Crippen LogP contribution < -0.4 is 5.32 Å². The molecule has 0 saturated heterocycles. The molecule has 0 saturated carbocycles. The van der Waals surface area contributed by atoms with Gasteiger partial charge in [0.15, 0.2) is 0 Å². The molecule has 102 valence electrons. The van der Waals surface area contributed by atoms with E-state index in [4.69, 9.17) is 0 Å². The lowest BCUT2D eigenvalue weighted by Crippen LogP contribution is -2.25. The SMILES string of the molecule is CCCNC(Cc1cc(C)nn1C)c1cnccn1. The van der Waals surface area contributed by atoms with Crippen molar-refractivity contribution in [3.8, 4) is 0 Å². The summed E-state index contributed by atoms with van der Waals surface area (Å²) in [6, 6.07) is 2.31. The Labute approximate surface area is 114 Å². The molecule has 2 aromatic rings. The molecule has 0 aromatic carbocycles. The number of aromatic nitrogens is 4. The molecule has 0 bridgehead atoms. The second-order valence-corrected chi connectivity index (χ2v) is 4.74. The van der Waals surface area contributed by atoms with Gasteiger partial charge in [-0.25, -0.2) is 0 Å². The minimum atomic E-state index is 0.184. The molecule has 2 rings (SSSR count). The summed E-state index contributed by atoms with van der Waals surface area (Å²) in [5, 5.41) is 7.92. The monoisotopic (exact) mass is 259 g/mol. The molecule has 1 unspecified atom stereocenters. The van der Waals surface area contributed by atoms with Crippen molar-refractivity contribution in [2.45, 2.75) is 32.7 Å². The molecule has 2 aromatic heterocycles. The lowest BCUT2D eigenvalue weighted by Gasteiger charge is -2.17. The second-order valence-electron chi connectivity index (χ2n) is 4.74. The van der Waals surface area contributed by atoms with Crippen LogP contribution in [0.5, 0.6) is 0 Å². The number of nitrogens with one attached hydrogen (secondary N) is 1. The predicted molar refractivity (Wildman–Crippen MR) is 74.7 cm³/mol. The average Bonchev–Trinajstić information content (AvgIpc) is 2.73. The van der Waals surface area contributed by atoms with Gasteiger partial charge in [0.25, 0.3) is 0 Å². The van der Waals surface area contributed by atoms with Gasteiger partial charge in [-0.1, -0.05) is 6.92 Å². The third kappa shape index (κ3) is 3.61. The van der Waals surface area contributed by atoms with Gasteiger partial charge in [-0.15, -0.1) is 0 Å². The summed E-state index contributed by atoms with van der Waals surface area (Å²) < 4.78 is 1.94. The van der Waals surface area contributed by atoms with Crippen LogP contribution in [0.3, 0.4) is 0 Å². The fraction of sp³-hybridized carbons (Fsp3) is 0.500. The zero-order valence-corrected chi connectivity index (χ0v) is 11.8. The van der Waals surface area contributed by atoms with E-state index in [9.17, 15) is 0 Å². The van der Waals surface area contributed by atoms with Crippen LogP contribution in [0.1, 0.15) is 36.5 Å². The molecular weight excluding hydrogens is 238 g/mol. The summed E-state index contributed by atoms with van der Waals surface area (Å²) in [6.07, 6.45) is 7.24. The van der Waals surface area contributed by atoms with Crippen LogP contribution in [0, 0.1) is 6.92 Å². The van der Waals surface area contributed by atoms with Crippen molar-refractivity contribution in [1.29, 1.82) is 0 Å². The van der Waals surface area contributed by atoms with Crippen molar-refractivity contribution in [3.05, 3.63) is 41.7 Å². The Morgan fingerprint density at radius 2 is 2.21 bits per heavy atom. The van der Waals surface area contributed by atoms with E-state index in [0.717, 1.165) is 30.8 Å². The zero-order valence-electron chi connectivity index (χ0n) is 11.8. The van der Waals surface area contributed by atoms with Crippen molar-refractivity contribution >= 4 is 0 Å². The van der Waals surface area contributed by atoms with Gasteiger partial charge in [-0.3, -0.25) is 14.6 Å². The molecule has 2 heterocycles. The molecule has 0 aliphatic rings. The van der Waals surface area contributed by atoms with Gasteiger partial charge in [0.1, 0.15) is 0 Å². The standard InChI is InChI=1S/C14H21N5/c1-4-5-16-13(14-10-15-6-7-17-14)9-12-8-11(2)18-19(12)3/h6-8,10,13,16H,4-5,9H2,1-3H3. The molecule has 1 N–H and O–H groups in total. The Balaban J connectivity index is 2.16. The third-order valence-electron chi connectivity index (χ3n) is 3.09. The molecule has 0 aliphatic carbocycles. The molecule has 0 aliphatic heterocycles. The first-order chi connectivity index (χ1) is 9.20. The fourth-order valence-electron chi connectivity index (χ4n) is 2.15. The summed E-state index contributed by atoms with van der Waals surface area (Å²) in [5.74, 6) is 0. The summed E-state index contributed by atoms with van der Waals surface area (Å²) >= 11 is 0. The van der Waals surface area contributed by atoms with Gasteiger partial charge in [-0.05, 0) is 26.0 Å². The number of hydrogen-bond acceptors (Lipinski definition) is 4. The highest BCUT2D eigenvalue weighted by Crippen LogP contribution is 2.16. The number of hydrogen-bond donors (Lipinski definition) is 1. The zero-order chi connectivity index (χ0) is 13.7. The Hall–Kier alpha value is -1.75. The van der Waals surface area contributed by atoms with E-state index in [-0.39, 0.29) is 6.04 Å². The molecule has 19 heavy (non-hydrogen) atoms. The van der Waals surface area contributed by atoms with E-state index in [2.05, 4.69) is 33.4 Å². The highest BCUT2D eigenvalue weighted by atomic mass is 15.3. The van der Waals surface area contributed by atoms with Crippen LogP contribution in [0.25, 0.3) is 0 Å². The van der Waals surface area contributed by atoms with E-state index in [1.54, 1.807) is 12.4 Å². The quantitative estimate of drug-likeness (QED) is 0.859. The normalized spacial score (nSPS) is 12.6. The van der Waals surface area contributed by atoms with E-state index in [0.29, 0.717) is 0 Å². The van der Waals surface area contributed by atoms with E-state index in [1.807, 2.05) is 24.9 Å². The van der Waals surface area contributed by atoms with E-state index < -0.39 is 0 Å². The molecule has 5 nitrogen and oxygen atoms in total. The maximum absolute atomic E-state index is 4.41. The average molecular weight is 259 g/mol. The molecule has 0 fully saturated rings. The summed E-state index contributed by atoms with van der Waals surface area (Å²) in [6.45, 7) is 5.15. The Kier molecular flexibility index (Phi) is 4.63. The van der Waals surface area contributed by atoms with E-state index >= 15 is 0 Å². The first-order valence-corrected chi connectivity index (χ1v) is 6.69.